The number of hydrogen-bond donors (Lipinski definition) is 3. The zero-order valence-electron chi connectivity index (χ0n) is 10.0. The summed E-state index contributed by atoms with van der Waals surface area (Å²) < 4.78 is 0. The third-order valence-corrected chi connectivity index (χ3v) is 3.24. The van der Waals surface area contributed by atoms with Crippen molar-refractivity contribution < 1.29 is 5.11 Å². The fraction of sp³-hybridized carbons (Fsp3) is 0.385. The van der Waals surface area contributed by atoms with Gasteiger partial charge in [-0.15, -0.1) is 0 Å². The van der Waals surface area contributed by atoms with Gasteiger partial charge in [0, 0.05) is 6.54 Å². The summed E-state index contributed by atoms with van der Waals surface area (Å²) in [5.74, 6) is 1.36. The van der Waals surface area contributed by atoms with E-state index in [1.54, 1.807) is 0 Å². The third kappa shape index (κ3) is 2.22. The molecule has 1 aliphatic rings. The van der Waals surface area contributed by atoms with Gasteiger partial charge in [0.25, 0.3) is 0 Å². The molecule has 1 saturated carbocycles. The Hall–Kier alpha value is -1.88. The second-order valence-corrected chi connectivity index (χ2v) is 4.73. The molecule has 0 bridgehead atoms. The molecular weight excluding hydrogens is 228 g/mol. The van der Waals surface area contributed by atoms with E-state index in [2.05, 4.69) is 15.3 Å². The van der Waals surface area contributed by atoms with E-state index in [9.17, 15) is 5.11 Å². The lowest BCUT2D eigenvalue weighted by Gasteiger charge is -2.12. The Bertz CT molecular complexity index is 568. The number of nitrogens with zero attached hydrogens (tertiary/aromatic N) is 2. The average molecular weight is 244 g/mol. The molecule has 4 N–H and O–H groups in total. The van der Waals surface area contributed by atoms with Crippen molar-refractivity contribution >= 4 is 22.7 Å². The average Bonchev–Trinajstić information content (AvgIpc) is 3.20. The second-order valence-electron chi connectivity index (χ2n) is 4.73. The molecule has 1 aliphatic carbocycles. The summed E-state index contributed by atoms with van der Waals surface area (Å²) in [6, 6.07) is 7.59. The number of anilines is 2. The lowest BCUT2D eigenvalue weighted by molar-refractivity contribution is 0.164. The molecule has 1 aromatic carbocycles. The molecule has 1 aromatic heterocycles. The molecule has 18 heavy (non-hydrogen) atoms. The van der Waals surface area contributed by atoms with Crippen LogP contribution in [-0.2, 0) is 0 Å². The molecule has 94 valence electrons. The van der Waals surface area contributed by atoms with Gasteiger partial charge < -0.3 is 16.2 Å². The Morgan fingerprint density at radius 3 is 2.61 bits per heavy atom. The summed E-state index contributed by atoms with van der Waals surface area (Å²) in [5.41, 5.74) is 7.43. The van der Waals surface area contributed by atoms with E-state index >= 15 is 0 Å². The van der Waals surface area contributed by atoms with Crippen molar-refractivity contribution in [1.82, 2.24) is 9.97 Å². The number of hydrogen-bond acceptors (Lipinski definition) is 5. The number of aromatic nitrogens is 2. The van der Waals surface area contributed by atoms with Crippen molar-refractivity contribution in [2.45, 2.75) is 18.9 Å². The first-order chi connectivity index (χ1) is 8.74. The van der Waals surface area contributed by atoms with E-state index in [1.165, 1.54) is 0 Å². The minimum Gasteiger partial charge on any atom is -0.391 e. The van der Waals surface area contributed by atoms with Crippen LogP contribution >= 0.6 is 0 Å². The van der Waals surface area contributed by atoms with Gasteiger partial charge in [-0.1, -0.05) is 12.1 Å². The molecule has 1 heterocycles. The van der Waals surface area contributed by atoms with Gasteiger partial charge in [-0.05, 0) is 30.9 Å². The molecule has 0 aliphatic heterocycles. The number of nitrogens with two attached hydrogens (primary N) is 1. The number of para-hydroxylation sites is 2. The van der Waals surface area contributed by atoms with Crippen LogP contribution in [0.1, 0.15) is 12.8 Å². The molecule has 0 radical (unpaired) electrons. The molecule has 5 nitrogen and oxygen atoms in total. The highest BCUT2D eigenvalue weighted by atomic mass is 16.3. The monoisotopic (exact) mass is 244 g/mol. The van der Waals surface area contributed by atoms with E-state index in [0.717, 1.165) is 23.9 Å². The molecule has 0 saturated heterocycles. The highest BCUT2D eigenvalue weighted by Gasteiger charge is 2.29. The number of aliphatic hydroxyl groups is 1. The Kier molecular flexibility index (Phi) is 2.76. The van der Waals surface area contributed by atoms with Crippen molar-refractivity contribution in [2.75, 3.05) is 17.6 Å². The van der Waals surface area contributed by atoms with Crippen molar-refractivity contribution in [3.8, 4) is 0 Å². The van der Waals surface area contributed by atoms with Gasteiger partial charge in [-0.2, -0.15) is 0 Å². The summed E-state index contributed by atoms with van der Waals surface area (Å²) in [4.78, 5) is 8.70. The van der Waals surface area contributed by atoms with Gasteiger partial charge >= 0.3 is 0 Å². The molecular formula is C13H16N4O. The van der Waals surface area contributed by atoms with Crippen LogP contribution in [0, 0.1) is 5.92 Å². The summed E-state index contributed by atoms with van der Waals surface area (Å²) in [5, 5.41) is 12.9. The van der Waals surface area contributed by atoms with E-state index in [0.29, 0.717) is 24.1 Å². The molecule has 1 atom stereocenters. The highest BCUT2D eigenvalue weighted by molar-refractivity contribution is 5.79. The van der Waals surface area contributed by atoms with Crippen molar-refractivity contribution in [3.05, 3.63) is 24.3 Å². The maximum atomic E-state index is 9.80. The second kappa shape index (κ2) is 4.42. The quantitative estimate of drug-likeness (QED) is 0.757. The molecule has 1 unspecified atom stereocenters. The minimum atomic E-state index is -0.322. The number of benzene rings is 1. The largest absolute Gasteiger partial charge is 0.391 e. The number of fused-ring (bicyclic) bond motifs is 1. The normalized spacial score (nSPS) is 16.7. The Morgan fingerprint density at radius 1 is 1.28 bits per heavy atom. The van der Waals surface area contributed by atoms with Crippen molar-refractivity contribution in [1.29, 1.82) is 0 Å². The van der Waals surface area contributed by atoms with Gasteiger partial charge in [0.15, 0.2) is 11.6 Å². The topological polar surface area (TPSA) is 84.1 Å². The standard InChI is InChI=1S/C13H16N4O/c14-12-13(15-7-11(18)8-5-6-8)17-10-4-2-1-3-9(10)16-12/h1-4,8,11,18H,5-7H2,(H2,14,16)(H,15,17). The van der Waals surface area contributed by atoms with Crippen LogP contribution in [0.5, 0.6) is 0 Å². The van der Waals surface area contributed by atoms with Gasteiger partial charge in [0.05, 0.1) is 17.1 Å². The number of nitrogens with one attached hydrogen (secondary N) is 1. The molecule has 2 aromatic rings. The number of aliphatic hydroxyl groups excluding tert-OH is 1. The van der Waals surface area contributed by atoms with E-state index in [-0.39, 0.29) is 6.10 Å². The zero-order valence-corrected chi connectivity index (χ0v) is 10.0. The Balaban J connectivity index is 1.80. The van der Waals surface area contributed by atoms with Crippen molar-refractivity contribution in [2.24, 2.45) is 5.92 Å². The van der Waals surface area contributed by atoms with E-state index in [1.807, 2.05) is 24.3 Å². The SMILES string of the molecule is Nc1nc2ccccc2nc1NCC(O)C1CC1. The summed E-state index contributed by atoms with van der Waals surface area (Å²) in [6.45, 7) is 0.474. The van der Waals surface area contributed by atoms with Gasteiger partial charge in [-0.3, -0.25) is 0 Å². The molecule has 3 rings (SSSR count). The van der Waals surface area contributed by atoms with Crippen LogP contribution in [-0.4, -0.2) is 27.7 Å². The van der Waals surface area contributed by atoms with Crippen LogP contribution in [0.4, 0.5) is 11.6 Å². The first-order valence-corrected chi connectivity index (χ1v) is 6.18. The maximum Gasteiger partial charge on any atom is 0.169 e. The maximum absolute atomic E-state index is 9.80. The summed E-state index contributed by atoms with van der Waals surface area (Å²) >= 11 is 0. The summed E-state index contributed by atoms with van der Waals surface area (Å²) in [7, 11) is 0. The van der Waals surface area contributed by atoms with Crippen LogP contribution < -0.4 is 11.1 Å². The fourth-order valence-corrected chi connectivity index (χ4v) is 1.99. The molecule has 1 fully saturated rings. The van der Waals surface area contributed by atoms with Crippen molar-refractivity contribution in [3.63, 3.8) is 0 Å². The number of nitrogen functional groups attached to an aromatic ring is 1. The lowest BCUT2D eigenvalue weighted by atomic mass is 10.2. The molecule has 0 amide bonds. The first-order valence-electron chi connectivity index (χ1n) is 6.18. The Morgan fingerprint density at radius 2 is 1.94 bits per heavy atom. The smallest absolute Gasteiger partial charge is 0.169 e. The highest BCUT2D eigenvalue weighted by Crippen LogP contribution is 2.32. The first kappa shape index (κ1) is 11.2. The zero-order chi connectivity index (χ0) is 12.5. The predicted octanol–water partition coefficient (Wildman–Crippen LogP) is 1.39. The van der Waals surface area contributed by atoms with Crippen LogP contribution in [0.2, 0.25) is 0 Å². The van der Waals surface area contributed by atoms with Crippen LogP contribution in [0.15, 0.2) is 24.3 Å². The minimum absolute atomic E-state index is 0.322. The van der Waals surface area contributed by atoms with E-state index in [4.69, 9.17) is 5.73 Å². The molecule has 0 spiro atoms. The van der Waals surface area contributed by atoms with Crippen LogP contribution in [0.3, 0.4) is 0 Å². The van der Waals surface area contributed by atoms with Gasteiger partial charge in [-0.25, -0.2) is 9.97 Å². The third-order valence-electron chi connectivity index (χ3n) is 3.24. The Labute approximate surface area is 105 Å². The van der Waals surface area contributed by atoms with E-state index < -0.39 is 0 Å². The number of rotatable bonds is 4. The lowest BCUT2D eigenvalue weighted by Crippen LogP contribution is -2.22. The molecule has 5 heteroatoms. The summed E-state index contributed by atoms with van der Waals surface area (Å²) in [6.07, 6.45) is 1.90. The predicted molar refractivity (Wildman–Crippen MR) is 71.2 cm³/mol. The fourth-order valence-electron chi connectivity index (χ4n) is 1.99. The van der Waals surface area contributed by atoms with Gasteiger partial charge in [0.2, 0.25) is 0 Å². The van der Waals surface area contributed by atoms with Crippen LogP contribution in [0.25, 0.3) is 11.0 Å². The van der Waals surface area contributed by atoms with Gasteiger partial charge in [0.1, 0.15) is 0 Å².